The van der Waals surface area contributed by atoms with E-state index >= 15 is 0 Å². The van der Waals surface area contributed by atoms with Crippen molar-refractivity contribution in [3.05, 3.63) is 124 Å². The van der Waals surface area contributed by atoms with Gasteiger partial charge in [-0.1, -0.05) is 42.2 Å². The fourth-order valence-corrected chi connectivity index (χ4v) is 5.61. The highest BCUT2D eigenvalue weighted by atomic mass is 32.2. The topological polar surface area (TPSA) is 159 Å². The van der Waals surface area contributed by atoms with Crippen LogP contribution in [0, 0.1) is 18.8 Å². The van der Waals surface area contributed by atoms with Crippen LogP contribution in [0.1, 0.15) is 45.8 Å². The molecule has 4 aromatic heterocycles. The van der Waals surface area contributed by atoms with Crippen molar-refractivity contribution in [1.29, 1.82) is 0 Å². The van der Waals surface area contributed by atoms with Gasteiger partial charge in [0.25, 0.3) is 21.5 Å². The molecule has 1 atom stereocenters. The Balaban J connectivity index is 1.45. The predicted molar refractivity (Wildman–Crippen MR) is 165 cm³/mol. The third kappa shape index (κ3) is 5.13. The summed E-state index contributed by atoms with van der Waals surface area (Å²) in [6.07, 6.45) is 5.91. The highest BCUT2D eigenvalue weighted by Gasteiger charge is 2.23. The maximum absolute atomic E-state index is 14.3. The van der Waals surface area contributed by atoms with Crippen LogP contribution in [0.15, 0.2) is 90.2 Å². The van der Waals surface area contributed by atoms with Gasteiger partial charge in [0.1, 0.15) is 11.4 Å². The summed E-state index contributed by atoms with van der Waals surface area (Å²) in [5.41, 5.74) is 8.26. The van der Waals surface area contributed by atoms with Crippen LogP contribution < -0.4 is 16.6 Å². The van der Waals surface area contributed by atoms with Gasteiger partial charge in [-0.25, -0.2) is 17.9 Å². The van der Waals surface area contributed by atoms with Crippen LogP contribution >= 0.6 is 0 Å². The first-order valence-electron chi connectivity index (χ1n) is 13.5. The summed E-state index contributed by atoms with van der Waals surface area (Å²) in [5, 5.41) is 12.2. The lowest BCUT2D eigenvalue weighted by Crippen LogP contribution is -2.32. The molecule has 0 saturated carbocycles. The van der Waals surface area contributed by atoms with Crippen molar-refractivity contribution in [2.45, 2.75) is 19.9 Å². The van der Waals surface area contributed by atoms with Gasteiger partial charge in [-0.05, 0) is 49.6 Å². The molecule has 0 unspecified atom stereocenters. The minimum Gasteiger partial charge on any atom is -0.344 e. The molecule has 3 N–H and O–H groups in total. The Kier molecular flexibility index (Phi) is 7.30. The molecule has 4 heterocycles. The number of carbonyl (C=O) groups excluding carboxylic acids is 1. The van der Waals surface area contributed by atoms with Crippen molar-refractivity contribution in [1.82, 2.24) is 33.7 Å². The average molecular weight is 607 g/mol. The van der Waals surface area contributed by atoms with Gasteiger partial charge in [0.05, 0.1) is 35.1 Å². The fraction of sp³-hybridized carbons (Fsp3) is 0.129. The van der Waals surface area contributed by atoms with E-state index in [9.17, 15) is 18.0 Å². The van der Waals surface area contributed by atoms with E-state index < -0.39 is 21.9 Å². The number of nitrogens with zero attached hydrogens (tertiary/aromatic N) is 6. The second-order valence-electron chi connectivity index (χ2n) is 9.99. The van der Waals surface area contributed by atoms with Gasteiger partial charge in [-0.3, -0.25) is 14.2 Å². The summed E-state index contributed by atoms with van der Waals surface area (Å²) in [6, 6.07) is 17.4. The Morgan fingerprint density at radius 2 is 1.89 bits per heavy atom. The number of aromatic nitrogens is 6. The van der Waals surface area contributed by atoms with E-state index in [4.69, 9.17) is 5.73 Å². The Hall–Kier alpha value is -5.58. The largest absolute Gasteiger partial charge is 0.344 e. The molecule has 0 bridgehead atoms. The van der Waals surface area contributed by atoms with Crippen LogP contribution in [0.4, 0.5) is 0 Å². The van der Waals surface area contributed by atoms with E-state index in [1.54, 1.807) is 52.7 Å². The Bertz CT molecular complexity index is 2290. The van der Waals surface area contributed by atoms with Crippen LogP contribution in [0.3, 0.4) is 0 Å². The maximum atomic E-state index is 14.3. The van der Waals surface area contributed by atoms with E-state index in [-0.39, 0.29) is 11.5 Å². The van der Waals surface area contributed by atoms with Gasteiger partial charge < -0.3 is 11.1 Å². The molecule has 0 aliphatic heterocycles. The number of carbonyl (C=O) groups is 1. The number of nitrogens with one attached hydrogen (secondary N) is 1. The van der Waals surface area contributed by atoms with Gasteiger partial charge >= 0.3 is 0 Å². The molecule has 6 rings (SSSR count). The molecule has 13 heteroatoms. The Morgan fingerprint density at radius 3 is 2.66 bits per heavy atom. The molecule has 44 heavy (non-hydrogen) atoms. The molecule has 1 amide bonds. The second-order valence-corrected chi connectivity index (χ2v) is 11.9. The number of hydrogen-bond acceptors (Lipinski definition) is 8. The lowest BCUT2D eigenvalue weighted by molar-refractivity contribution is 0.0939. The summed E-state index contributed by atoms with van der Waals surface area (Å²) >= 11 is 0. The quantitative estimate of drug-likeness (QED) is 0.274. The van der Waals surface area contributed by atoms with Crippen molar-refractivity contribution in [2.75, 3.05) is 5.88 Å². The number of para-hydroxylation sites is 1. The SMILES string of the molecule is Cc1nn2cccnc2c1C(=O)N[C@H](C)c1cc2cccc(C#Cc3cnn(S(=O)(=O)CN)c3)c2c(=O)n1-c1ccccc1. The van der Waals surface area contributed by atoms with Gasteiger partial charge in [-0.15, -0.1) is 0 Å². The molecule has 2 aromatic carbocycles. The van der Waals surface area contributed by atoms with Gasteiger partial charge in [0, 0.05) is 29.3 Å². The summed E-state index contributed by atoms with van der Waals surface area (Å²) in [4.78, 5) is 32.1. The zero-order valence-electron chi connectivity index (χ0n) is 23.7. The predicted octanol–water partition coefficient (Wildman–Crippen LogP) is 2.52. The smallest absolute Gasteiger partial charge is 0.266 e. The van der Waals surface area contributed by atoms with Crippen molar-refractivity contribution in [3.8, 4) is 17.5 Å². The first kappa shape index (κ1) is 28.5. The molecule has 0 aliphatic carbocycles. The fourth-order valence-electron chi connectivity index (χ4n) is 4.99. The summed E-state index contributed by atoms with van der Waals surface area (Å²) in [7, 11) is -3.76. The van der Waals surface area contributed by atoms with E-state index in [2.05, 4.69) is 32.3 Å². The summed E-state index contributed by atoms with van der Waals surface area (Å²) < 4.78 is 27.9. The number of rotatable bonds is 6. The molecule has 0 fully saturated rings. The number of aryl methyl sites for hydroxylation is 1. The zero-order valence-corrected chi connectivity index (χ0v) is 24.5. The van der Waals surface area contributed by atoms with Crippen LogP contribution in [-0.2, 0) is 10.0 Å². The molecule has 0 aliphatic rings. The molecule has 12 nitrogen and oxygen atoms in total. The molecule has 6 aromatic rings. The Morgan fingerprint density at radius 1 is 1.09 bits per heavy atom. The highest BCUT2D eigenvalue weighted by Crippen LogP contribution is 2.24. The molecule has 0 saturated heterocycles. The van der Waals surface area contributed by atoms with Crippen LogP contribution in [0.5, 0.6) is 0 Å². The number of nitrogens with two attached hydrogens (primary N) is 1. The van der Waals surface area contributed by atoms with Crippen molar-refractivity contribution >= 4 is 32.4 Å². The van der Waals surface area contributed by atoms with E-state index in [0.29, 0.717) is 50.2 Å². The number of amides is 1. The van der Waals surface area contributed by atoms with Gasteiger partial charge in [0.2, 0.25) is 0 Å². The normalized spacial score (nSPS) is 12.2. The number of fused-ring (bicyclic) bond motifs is 2. The van der Waals surface area contributed by atoms with Crippen molar-refractivity contribution in [3.63, 3.8) is 0 Å². The monoisotopic (exact) mass is 606 g/mol. The van der Waals surface area contributed by atoms with Crippen LogP contribution in [0.25, 0.3) is 22.1 Å². The number of hydrogen-bond donors (Lipinski definition) is 2. The minimum atomic E-state index is -3.76. The first-order chi connectivity index (χ1) is 21.2. The number of pyridine rings is 1. The van der Waals surface area contributed by atoms with Gasteiger partial charge in [-0.2, -0.15) is 14.3 Å². The molecule has 220 valence electrons. The molecule has 0 radical (unpaired) electrons. The third-order valence-corrected chi connectivity index (χ3v) is 8.27. The maximum Gasteiger partial charge on any atom is 0.266 e. The van der Waals surface area contributed by atoms with Crippen molar-refractivity contribution in [2.24, 2.45) is 5.73 Å². The zero-order chi connectivity index (χ0) is 31.0. The summed E-state index contributed by atoms with van der Waals surface area (Å²) in [5.74, 6) is 4.93. The van der Waals surface area contributed by atoms with Crippen molar-refractivity contribution < 1.29 is 13.2 Å². The minimum absolute atomic E-state index is 0.329. The van der Waals surface area contributed by atoms with E-state index in [1.165, 1.54) is 12.4 Å². The van der Waals surface area contributed by atoms with E-state index in [0.717, 1.165) is 4.09 Å². The van der Waals surface area contributed by atoms with E-state index in [1.807, 2.05) is 43.3 Å². The lowest BCUT2D eigenvalue weighted by Gasteiger charge is -2.21. The molecule has 0 spiro atoms. The highest BCUT2D eigenvalue weighted by molar-refractivity contribution is 7.89. The van der Waals surface area contributed by atoms with Gasteiger partial charge in [0.15, 0.2) is 5.65 Å². The lowest BCUT2D eigenvalue weighted by atomic mass is 10.0. The molecular formula is C31H26N8O4S. The Labute approximate surface area is 251 Å². The number of benzene rings is 2. The standard InChI is InChI=1S/C31H26N8O4S/c1-20(35-30(40)27-21(2)36-37-15-7-14-33-29(27)37)26-16-24-9-6-8-23(13-12-22-17-34-38(18-22)44(42,43)19-32)28(24)31(41)39(26)25-10-4-3-5-11-25/h3-11,14-18,20H,19,32H2,1-2H3,(H,35,40)/t20-/m1/s1. The average Bonchev–Trinajstić information content (AvgIpc) is 3.64. The van der Waals surface area contributed by atoms with Crippen LogP contribution in [-0.4, -0.2) is 48.6 Å². The first-order valence-corrected chi connectivity index (χ1v) is 15.1. The summed E-state index contributed by atoms with van der Waals surface area (Å²) in [6.45, 7) is 3.55. The third-order valence-electron chi connectivity index (χ3n) is 7.08. The molecular weight excluding hydrogens is 580 g/mol. The van der Waals surface area contributed by atoms with Crippen LogP contribution in [0.2, 0.25) is 0 Å². The second kappa shape index (κ2) is 11.3.